The van der Waals surface area contributed by atoms with Gasteiger partial charge in [-0.3, -0.25) is 4.79 Å². The molecule has 0 bridgehead atoms. The van der Waals surface area contributed by atoms with Crippen LogP contribution in [0.25, 0.3) is 39.5 Å². The fraction of sp³-hybridized carbons (Fsp3) is 0.333. The number of carbonyl (C=O) groups is 2. The molecule has 2 amide bonds. The Hall–Kier alpha value is -4.93. The summed E-state index contributed by atoms with van der Waals surface area (Å²) in [7, 11) is 2.02. The predicted molar refractivity (Wildman–Crippen MR) is 166 cm³/mol. The first-order valence-electron chi connectivity index (χ1n) is 15.0. The zero-order chi connectivity index (χ0) is 30.4. The average molecular weight is 596 g/mol. The number of nitrogens with zero attached hydrogens (tertiary/aromatic N) is 6. The van der Waals surface area contributed by atoms with Gasteiger partial charge in [0.15, 0.2) is 5.82 Å². The number of nitrogens with one attached hydrogen (secondary N) is 1. The van der Waals surface area contributed by atoms with E-state index in [2.05, 4.69) is 55.9 Å². The zero-order valence-electron chi connectivity index (χ0n) is 24.5. The summed E-state index contributed by atoms with van der Waals surface area (Å²) in [6, 6.07) is 11.5. The number of aromatic nitrogens is 5. The minimum Gasteiger partial charge on any atom is -0.465 e. The number of fused-ring (bicyclic) bond motifs is 3. The summed E-state index contributed by atoms with van der Waals surface area (Å²) in [6.07, 6.45) is 11.6. The molecule has 44 heavy (non-hydrogen) atoms. The summed E-state index contributed by atoms with van der Waals surface area (Å²) < 4.78 is 20.0. The highest BCUT2D eigenvalue weighted by atomic mass is 19.1. The number of halogens is 1. The number of rotatable bonds is 10. The van der Waals surface area contributed by atoms with Crippen molar-refractivity contribution in [2.24, 2.45) is 13.0 Å². The van der Waals surface area contributed by atoms with Gasteiger partial charge in [0.2, 0.25) is 0 Å². The smallest absolute Gasteiger partial charge is 0.405 e. The molecule has 7 rings (SSSR count). The normalized spacial score (nSPS) is 15.9. The van der Waals surface area contributed by atoms with Crippen LogP contribution in [0.15, 0.2) is 61.2 Å². The Labute approximate surface area is 253 Å². The first-order chi connectivity index (χ1) is 21.4. The Morgan fingerprint density at radius 1 is 1.25 bits per heavy atom. The molecule has 1 saturated carbocycles. The predicted octanol–water partition coefficient (Wildman–Crippen LogP) is 5.12. The first-order valence-corrected chi connectivity index (χ1v) is 15.0. The Kier molecular flexibility index (Phi) is 7.15. The molecule has 10 nitrogen and oxygen atoms in total. The molecule has 2 N–H and O–H groups in total. The van der Waals surface area contributed by atoms with Gasteiger partial charge in [-0.15, -0.1) is 0 Å². The molecule has 0 radical (unpaired) electrons. The van der Waals surface area contributed by atoms with Crippen LogP contribution in [0.3, 0.4) is 0 Å². The maximum absolute atomic E-state index is 13.5. The number of hydrogen-bond donors (Lipinski definition) is 2. The lowest BCUT2D eigenvalue weighted by atomic mass is 9.97. The lowest BCUT2D eigenvalue weighted by molar-refractivity contribution is 0.0714. The van der Waals surface area contributed by atoms with E-state index in [4.69, 9.17) is 10.1 Å². The van der Waals surface area contributed by atoms with E-state index in [1.165, 1.54) is 23.3 Å². The van der Waals surface area contributed by atoms with E-state index in [0.29, 0.717) is 30.0 Å². The molecule has 11 heteroatoms. The quantitative estimate of drug-likeness (QED) is 0.233. The van der Waals surface area contributed by atoms with E-state index in [1.807, 2.05) is 36.3 Å². The van der Waals surface area contributed by atoms with Gasteiger partial charge in [0, 0.05) is 56.6 Å². The number of carbonyl (C=O) groups excluding carboxylic acids is 1. The standard InChI is InChI=1S/C33H34FN7O3/c1-38-28-14-23-9-12-40(19-25(17-34)36-33(43)44)32(42)26(23)16-27(28)37-31(38)29-15-24-5-2-4-22(6-3-11-39-13-10-35-20-39)30(24)41(29)18-21-7-8-21/h2-6,10,13-16,20-21,25,36H,7-9,11-12,17-19H2,1H3,(H,43,44)/b6-3+. The van der Waals surface area contributed by atoms with Crippen molar-refractivity contribution in [2.45, 2.75) is 38.4 Å². The molecule has 2 aromatic carbocycles. The van der Waals surface area contributed by atoms with Crippen molar-refractivity contribution in [1.29, 1.82) is 0 Å². The molecule has 1 aliphatic carbocycles. The number of allylic oxidation sites excluding steroid dienone is 1. The number of para-hydroxylation sites is 1. The van der Waals surface area contributed by atoms with Crippen LogP contribution < -0.4 is 5.32 Å². The highest BCUT2D eigenvalue weighted by Gasteiger charge is 2.30. The minimum absolute atomic E-state index is 0.0209. The number of aryl methyl sites for hydroxylation is 1. The number of hydrogen-bond acceptors (Lipinski definition) is 4. The van der Waals surface area contributed by atoms with Crippen molar-refractivity contribution < 1.29 is 19.1 Å². The third-order valence-corrected chi connectivity index (χ3v) is 8.72. The zero-order valence-corrected chi connectivity index (χ0v) is 24.5. The fourth-order valence-electron chi connectivity index (χ4n) is 6.31. The van der Waals surface area contributed by atoms with Gasteiger partial charge in [-0.05, 0) is 54.5 Å². The van der Waals surface area contributed by atoms with E-state index in [-0.39, 0.29) is 12.5 Å². The second kappa shape index (κ2) is 11.3. The molecule has 1 atom stereocenters. The van der Waals surface area contributed by atoms with Crippen LogP contribution >= 0.6 is 0 Å². The van der Waals surface area contributed by atoms with Crippen LogP contribution in [0, 0.1) is 5.92 Å². The molecule has 1 aliphatic heterocycles. The van der Waals surface area contributed by atoms with Crippen LogP contribution in [0.5, 0.6) is 0 Å². The van der Waals surface area contributed by atoms with Gasteiger partial charge in [-0.1, -0.05) is 30.4 Å². The first kappa shape index (κ1) is 27.9. The molecule has 4 heterocycles. The molecule has 3 aromatic heterocycles. The van der Waals surface area contributed by atoms with Gasteiger partial charge in [0.05, 0.1) is 34.6 Å². The van der Waals surface area contributed by atoms with Gasteiger partial charge < -0.3 is 29.0 Å². The van der Waals surface area contributed by atoms with Gasteiger partial charge >= 0.3 is 6.09 Å². The lowest BCUT2D eigenvalue weighted by Crippen LogP contribution is -2.48. The summed E-state index contributed by atoms with van der Waals surface area (Å²) in [4.78, 5) is 35.2. The highest BCUT2D eigenvalue weighted by molar-refractivity contribution is 6.01. The number of imidazole rings is 2. The number of amides is 2. The molecule has 5 aromatic rings. The Morgan fingerprint density at radius 3 is 2.86 bits per heavy atom. The largest absolute Gasteiger partial charge is 0.465 e. The van der Waals surface area contributed by atoms with Crippen LogP contribution in [0.4, 0.5) is 9.18 Å². The minimum atomic E-state index is -1.31. The fourth-order valence-corrected chi connectivity index (χ4v) is 6.31. The molecular weight excluding hydrogens is 561 g/mol. The summed E-state index contributed by atoms with van der Waals surface area (Å²) in [5.41, 5.74) is 6.48. The van der Waals surface area contributed by atoms with E-state index in [0.717, 1.165) is 46.6 Å². The molecule has 1 fully saturated rings. The second-order valence-electron chi connectivity index (χ2n) is 11.8. The van der Waals surface area contributed by atoms with Gasteiger partial charge in [0.1, 0.15) is 6.67 Å². The Balaban J connectivity index is 1.26. The maximum atomic E-state index is 13.5. The van der Waals surface area contributed by atoms with Crippen LogP contribution in [0.1, 0.15) is 34.3 Å². The molecule has 0 saturated heterocycles. The van der Waals surface area contributed by atoms with Gasteiger partial charge in [-0.25, -0.2) is 19.2 Å². The molecule has 0 spiro atoms. The summed E-state index contributed by atoms with van der Waals surface area (Å²) in [5, 5.41) is 12.3. The highest BCUT2D eigenvalue weighted by Crippen LogP contribution is 2.38. The average Bonchev–Trinajstić information content (AvgIpc) is 3.38. The molecule has 2 aliphatic rings. The topological polar surface area (TPSA) is 110 Å². The number of alkyl halides is 1. The van der Waals surface area contributed by atoms with Crippen molar-refractivity contribution in [2.75, 3.05) is 19.8 Å². The number of carboxylic acid groups (broad SMARTS) is 1. The van der Waals surface area contributed by atoms with Crippen molar-refractivity contribution >= 4 is 40.0 Å². The van der Waals surface area contributed by atoms with Crippen molar-refractivity contribution in [1.82, 2.24) is 33.9 Å². The van der Waals surface area contributed by atoms with Crippen molar-refractivity contribution in [3.05, 3.63) is 77.9 Å². The summed E-state index contributed by atoms with van der Waals surface area (Å²) in [5.74, 6) is 1.24. The Bertz CT molecular complexity index is 1900. The SMILES string of the molecule is Cn1c(-c2cc3cccc(/C=C/Cn4ccnc4)c3n2CC2CC2)nc2cc3c(cc21)CCN(CC(CF)NC(=O)O)C3=O. The lowest BCUT2D eigenvalue weighted by Gasteiger charge is -2.31. The van der Waals surface area contributed by atoms with E-state index in [9.17, 15) is 14.0 Å². The van der Waals surface area contributed by atoms with E-state index < -0.39 is 18.8 Å². The van der Waals surface area contributed by atoms with Crippen LogP contribution in [-0.2, 0) is 26.6 Å². The third kappa shape index (κ3) is 5.23. The molecule has 1 unspecified atom stereocenters. The van der Waals surface area contributed by atoms with E-state index >= 15 is 0 Å². The van der Waals surface area contributed by atoms with Crippen LogP contribution in [0.2, 0.25) is 0 Å². The molecular formula is C33H34FN7O3. The molecule has 226 valence electrons. The van der Waals surface area contributed by atoms with Crippen molar-refractivity contribution in [3.8, 4) is 11.5 Å². The third-order valence-electron chi connectivity index (χ3n) is 8.72. The monoisotopic (exact) mass is 595 g/mol. The summed E-state index contributed by atoms with van der Waals surface area (Å²) >= 11 is 0. The van der Waals surface area contributed by atoms with Gasteiger partial charge in [0.25, 0.3) is 5.91 Å². The number of benzene rings is 2. The maximum Gasteiger partial charge on any atom is 0.405 e. The second-order valence-corrected chi connectivity index (χ2v) is 11.8. The van der Waals surface area contributed by atoms with Crippen molar-refractivity contribution in [3.63, 3.8) is 0 Å². The van der Waals surface area contributed by atoms with Gasteiger partial charge in [-0.2, -0.15) is 0 Å². The Morgan fingerprint density at radius 2 is 2.11 bits per heavy atom. The van der Waals surface area contributed by atoms with Crippen LogP contribution in [-0.4, -0.2) is 71.5 Å². The summed E-state index contributed by atoms with van der Waals surface area (Å²) in [6.45, 7) is 1.14. The van der Waals surface area contributed by atoms with E-state index in [1.54, 1.807) is 6.20 Å².